The predicted molar refractivity (Wildman–Crippen MR) is 74.5 cm³/mol. The van der Waals surface area contributed by atoms with Crippen molar-refractivity contribution in [3.63, 3.8) is 0 Å². The van der Waals surface area contributed by atoms with Gasteiger partial charge >= 0.3 is 0 Å². The number of halogens is 1. The van der Waals surface area contributed by atoms with Crippen LogP contribution in [0.1, 0.15) is 18.3 Å². The van der Waals surface area contributed by atoms with Gasteiger partial charge in [0.25, 0.3) is 0 Å². The first-order chi connectivity index (χ1) is 9.13. The Balaban J connectivity index is 2.61. The van der Waals surface area contributed by atoms with Gasteiger partial charge in [0.05, 0.1) is 5.39 Å². The van der Waals surface area contributed by atoms with Crippen molar-refractivity contribution in [3.8, 4) is 0 Å². The first-order valence-corrected chi connectivity index (χ1v) is 6.50. The molecule has 1 aromatic heterocycles. The maximum absolute atomic E-state index is 14.8. The van der Waals surface area contributed by atoms with Gasteiger partial charge in [-0.05, 0) is 23.5 Å². The number of rotatable bonds is 1. The van der Waals surface area contributed by atoms with Gasteiger partial charge in [0.1, 0.15) is 11.5 Å². The van der Waals surface area contributed by atoms with Crippen LogP contribution in [0.15, 0.2) is 30.3 Å². The van der Waals surface area contributed by atoms with Crippen molar-refractivity contribution in [1.29, 1.82) is 0 Å². The summed E-state index contributed by atoms with van der Waals surface area (Å²) < 4.78 is 16.6. The summed E-state index contributed by atoms with van der Waals surface area (Å²) in [6, 6.07) is 9.61. The second-order valence-electron chi connectivity index (χ2n) is 4.84. The van der Waals surface area contributed by atoms with Crippen molar-refractivity contribution >= 4 is 21.5 Å². The molecular formula is C16H16FN2+. The Kier molecular flexibility index (Phi) is 2.70. The van der Waals surface area contributed by atoms with E-state index in [-0.39, 0.29) is 5.82 Å². The van der Waals surface area contributed by atoms with E-state index in [9.17, 15) is 4.39 Å². The second kappa shape index (κ2) is 4.26. The molecule has 96 valence electrons. The average Bonchev–Trinajstić information content (AvgIpc) is 2.41. The van der Waals surface area contributed by atoms with Crippen molar-refractivity contribution in [3.05, 3.63) is 47.5 Å². The third-order valence-electron chi connectivity index (χ3n) is 3.69. The first-order valence-electron chi connectivity index (χ1n) is 6.50. The number of aryl methyl sites for hydroxylation is 3. The average molecular weight is 255 g/mol. The maximum atomic E-state index is 14.8. The van der Waals surface area contributed by atoms with Crippen LogP contribution in [0.4, 0.5) is 4.39 Å². The highest BCUT2D eigenvalue weighted by Crippen LogP contribution is 2.29. The number of fused-ring (bicyclic) bond motifs is 2. The molecule has 2 aromatic carbocycles. The van der Waals surface area contributed by atoms with Crippen molar-refractivity contribution < 1.29 is 9.07 Å². The molecule has 0 amide bonds. The van der Waals surface area contributed by atoms with Crippen LogP contribution < -0.4 is 4.68 Å². The summed E-state index contributed by atoms with van der Waals surface area (Å²) in [5.74, 6) is -0.133. The number of hydrogen-bond donors (Lipinski definition) is 0. The second-order valence-corrected chi connectivity index (χ2v) is 4.84. The summed E-state index contributed by atoms with van der Waals surface area (Å²) in [5, 5.41) is 7.68. The smallest absolute Gasteiger partial charge is 0.205 e. The van der Waals surface area contributed by atoms with Crippen LogP contribution in [0.25, 0.3) is 21.5 Å². The van der Waals surface area contributed by atoms with E-state index in [4.69, 9.17) is 0 Å². The van der Waals surface area contributed by atoms with Crippen molar-refractivity contribution in [2.45, 2.75) is 20.3 Å². The van der Waals surface area contributed by atoms with E-state index in [1.165, 1.54) is 0 Å². The zero-order chi connectivity index (χ0) is 13.6. The zero-order valence-electron chi connectivity index (χ0n) is 11.4. The molecule has 0 aliphatic heterocycles. The van der Waals surface area contributed by atoms with Crippen molar-refractivity contribution in [1.82, 2.24) is 5.10 Å². The Labute approximate surface area is 111 Å². The molecule has 1 heterocycles. The van der Waals surface area contributed by atoms with Gasteiger partial charge in [-0.2, -0.15) is 0 Å². The Hall–Kier alpha value is -2.03. The molecule has 0 saturated heterocycles. The summed E-state index contributed by atoms with van der Waals surface area (Å²) >= 11 is 0. The van der Waals surface area contributed by atoms with Gasteiger partial charge < -0.3 is 0 Å². The first kappa shape index (κ1) is 12.0. The van der Waals surface area contributed by atoms with Crippen LogP contribution in [-0.2, 0) is 13.5 Å². The fourth-order valence-corrected chi connectivity index (χ4v) is 2.78. The third kappa shape index (κ3) is 1.69. The summed E-state index contributed by atoms with van der Waals surface area (Å²) in [6.07, 6.45) is 0.759. The fraction of sp³-hybridized carbons (Fsp3) is 0.250. The lowest BCUT2D eigenvalue weighted by molar-refractivity contribution is -0.736. The molecule has 0 radical (unpaired) electrons. The van der Waals surface area contributed by atoms with Gasteiger partial charge in [-0.15, -0.1) is 0 Å². The molecule has 0 saturated carbocycles. The summed E-state index contributed by atoms with van der Waals surface area (Å²) in [7, 11) is 1.87. The molecule has 3 heteroatoms. The Morgan fingerprint density at radius 2 is 1.95 bits per heavy atom. The number of benzene rings is 2. The Bertz CT molecular complexity index is 794. The standard InChI is InChI=1S/C16H16FN2/c1-4-14-15-13(10(2)18-19(14)3)9-11-7-5-6-8-12(11)16(15)17/h5-9H,4H2,1-3H3/q+1. The normalized spacial score (nSPS) is 11.4. The molecule has 2 nitrogen and oxygen atoms in total. The number of aromatic nitrogens is 2. The van der Waals surface area contributed by atoms with Gasteiger partial charge in [0.2, 0.25) is 5.69 Å². The molecule has 3 rings (SSSR count). The molecule has 0 fully saturated rings. The Morgan fingerprint density at radius 1 is 1.21 bits per heavy atom. The summed E-state index contributed by atoms with van der Waals surface area (Å²) in [5.41, 5.74) is 1.79. The lowest BCUT2D eigenvalue weighted by Crippen LogP contribution is -2.38. The predicted octanol–water partition coefficient (Wildman–Crippen LogP) is 3.22. The van der Waals surface area contributed by atoms with Crippen LogP contribution in [0, 0.1) is 12.7 Å². The topological polar surface area (TPSA) is 16.8 Å². The third-order valence-corrected chi connectivity index (χ3v) is 3.69. The highest BCUT2D eigenvalue weighted by Gasteiger charge is 2.20. The van der Waals surface area contributed by atoms with Crippen molar-refractivity contribution in [2.75, 3.05) is 0 Å². The maximum Gasteiger partial charge on any atom is 0.218 e. The number of hydrogen-bond acceptors (Lipinski definition) is 1. The number of nitrogens with zero attached hydrogens (tertiary/aromatic N) is 2. The van der Waals surface area contributed by atoms with Crippen LogP contribution in [0.3, 0.4) is 0 Å². The minimum Gasteiger partial charge on any atom is -0.205 e. The molecule has 19 heavy (non-hydrogen) atoms. The molecule has 0 spiro atoms. The van der Waals surface area contributed by atoms with Crippen LogP contribution >= 0.6 is 0 Å². The van der Waals surface area contributed by atoms with E-state index in [0.717, 1.165) is 28.6 Å². The van der Waals surface area contributed by atoms with E-state index in [0.29, 0.717) is 10.8 Å². The lowest BCUT2D eigenvalue weighted by Gasteiger charge is -2.08. The lowest BCUT2D eigenvalue weighted by atomic mass is 10.0. The van der Waals surface area contributed by atoms with E-state index in [1.807, 2.05) is 51.2 Å². The van der Waals surface area contributed by atoms with Crippen LogP contribution in [-0.4, -0.2) is 5.10 Å². The van der Waals surface area contributed by atoms with Gasteiger partial charge in [0, 0.05) is 17.2 Å². The van der Waals surface area contributed by atoms with E-state index < -0.39 is 0 Å². The molecule has 3 aromatic rings. The summed E-state index contributed by atoms with van der Waals surface area (Å²) in [6.45, 7) is 3.95. The fourth-order valence-electron chi connectivity index (χ4n) is 2.78. The van der Waals surface area contributed by atoms with Crippen LogP contribution in [0.2, 0.25) is 0 Å². The van der Waals surface area contributed by atoms with Crippen molar-refractivity contribution in [2.24, 2.45) is 7.05 Å². The molecule has 0 aliphatic carbocycles. The quantitative estimate of drug-likeness (QED) is 0.482. The summed E-state index contributed by atoms with van der Waals surface area (Å²) in [4.78, 5) is 0. The SMILES string of the molecule is CCc1c2c(F)c3ccccc3cc2c(C)n[n+]1C. The molecule has 0 atom stereocenters. The highest BCUT2D eigenvalue weighted by atomic mass is 19.1. The molecule has 0 aliphatic rings. The van der Waals surface area contributed by atoms with E-state index >= 15 is 0 Å². The van der Waals surface area contributed by atoms with E-state index in [2.05, 4.69) is 5.10 Å². The molecule has 0 unspecified atom stereocenters. The largest absolute Gasteiger partial charge is 0.218 e. The molecule has 0 bridgehead atoms. The van der Waals surface area contributed by atoms with E-state index in [1.54, 1.807) is 4.68 Å². The Morgan fingerprint density at radius 3 is 2.68 bits per heavy atom. The van der Waals surface area contributed by atoms with Gasteiger partial charge in [-0.1, -0.05) is 35.9 Å². The van der Waals surface area contributed by atoms with Gasteiger partial charge in [0.15, 0.2) is 7.05 Å². The van der Waals surface area contributed by atoms with Gasteiger partial charge in [-0.25, -0.2) is 4.39 Å². The highest BCUT2D eigenvalue weighted by molar-refractivity contribution is 6.00. The minimum absolute atomic E-state index is 0.133. The minimum atomic E-state index is -0.133. The van der Waals surface area contributed by atoms with Gasteiger partial charge in [-0.3, -0.25) is 0 Å². The van der Waals surface area contributed by atoms with Crippen LogP contribution in [0.5, 0.6) is 0 Å². The molecular weight excluding hydrogens is 239 g/mol. The zero-order valence-corrected chi connectivity index (χ0v) is 11.4. The monoisotopic (exact) mass is 255 g/mol. The molecule has 0 N–H and O–H groups in total.